The fourth-order valence-corrected chi connectivity index (χ4v) is 5.67. The molecule has 2 aromatic carbocycles. The topological polar surface area (TPSA) is 108 Å². The van der Waals surface area contributed by atoms with E-state index in [1.54, 1.807) is 20.0 Å². The highest BCUT2D eigenvalue weighted by Gasteiger charge is 2.27. The molecule has 1 aliphatic heterocycles. The quantitative estimate of drug-likeness (QED) is 0.211. The van der Waals surface area contributed by atoms with Gasteiger partial charge in [-0.05, 0) is 29.8 Å². The van der Waals surface area contributed by atoms with Crippen LogP contribution in [0.15, 0.2) is 46.6 Å². The van der Waals surface area contributed by atoms with Gasteiger partial charge in [0.15, 0.2) is 0 Å². The third-order valence-electron chi connectivity index (χ3n) is 7.64. The number of oxime groups is 1. The van der Waals surface area contributed by atoms with E-state index in [-0.39, 0.29) is 11.1 Å². The lowest BCUT2D eigenvalue weighted by molar-refractivity contribution is 0.123. The number of fused-ring (bicyclic) bond motifs is 2. The van der Waals surface area contributed by atoms with Crippen LogP contribution in [-0.2, 0) is 31.3 Å². The molecular weight excluding hydrogens is 508 g/mol. The number of rotatable bonds is 4. The molecule has 1 N–H and O–H groups in total. The molecule has 40 heavy (non-hydrogen) atoms. The van der Waals surface area contributed by atoms with Crippen molar-refractivity contribution < 1.29 is 9.94 Å². The first-order valence-corrected chi connectivity index (χ1v) is 13.3. The molecule has 6 rings (SSSR count). The van der Waals surface area contributed by atoms with Gasteiger partial charge in [-0.2, -0.15) is 5.10 Å². The number of hydrogen-bond acceptors (Lipinski definition) is 7. The second-order valence-corrected chi connectivity index (χ2v) is 11.4. The van der Waals surface area contributed by atoms with E-state index in [4.69, 9.17) is 9.72 Å². The number of aromatic nitrogens is 6. The molecule has 1 aliphatic rings. The molecule has 1 saturated heterocycles. The predicted molar refractivity (Wildman–Crippen MR) is 156 cm³/mol. The van der Waals surface area contributed by atoms with Crippen molar-refractivity contribution in [1.29, 1.82) is 0 Å². The summed E-state index contributed by atoms with van der Waals surface area (Å²) in [6.45, 7) is 9.17. The lowest BCUT2D eigenvalue weighted by Crippen LogP contribution is -2.36. The smallest absolute Gasteiger partial charge is 0.328 e. The average Bonchev–Trinajstić information content (AvgIpc) is 3.59. The molecule has 0 radical (unpaired) electrons. The van der Waals surface area contributed by atoms with E-state index in [0.717, 1.165) is 69.0 Å². The minimum absolute atomic E-state index is 0.0734. The lowest BCUT2D eigenvalue weighted by Gasteiger charge is -2.30. The van der Waals surface area contributed by atoms with Crippen LogP contribution < -0.4 is 10.6 Å². The summed E-state index contributed by atoms with van der Waals surface area (Å²) in [4.78, 5) is 20.5. The molecule has 11 nitrogen and oxygen atoms in total. The summed E-state index contributed by atoms with van der Waals surface area (Å²) in [6, 6.07) is 8.24. The molecular formula is C29H34N8O3. The Hall–Kier alpha value is -4.38. The first kappa shape index (κ1) is 25.9. The number of benzene rings is 2. The van der Waals surface area contributed by atoms with Crippen LogP contribution in [0.2, 0.25) is 0 Å². The van der Waals surface area contributed by atoms with Gasteiger partial charge in [-0.3, -0.25) is 18.4 Å². The minimum atomic E-state index is -0.296. The van der Waals surface area contributed by atoms with E-state index in [1.165, 1.54) is 6.21 Å². The van der Waals surface area contributed by atoms with Gasteiger partial charge in [0.05, 0.1) is 59.1 Å². The van der Waals surface area contributed by atoms with E-state index in [9.17, 15) is 10.0 Å². The van der Waals surface area contributed by atoms with E-state index in [1.807, 2.05) is 39.5 Å². The van der Waals surface area contributed by atoms with Crippen molar-refractivity contribution in [2.24, 2.45) is 26.3 Å². The van der Waals surface area contributed by atoms with Crippen LogP contribution in [0.4, 0.5) is 5.69 Å². The Balaban J connectivity index is 1.69. The minimum Gasteiger partial charge on any atom is -0.411 e. The zero-order chi connectivity index (χ0) is 28.3. The van der Waals surface area contributed by atoms with E-state index in [0.29, 0.717) is 13.2 Å². The fraction of sp³-hybridized carbons (Fsp3) is 0.379. The third-order valence-corrected chi connectivity index (χ3v) is 7.64. The third kappa shape index (κ3) is 4.08. The van der Waals surface area contributed by atoms with Gasteiger partial charge in [0, 0.05) is 57.0 Å². The molecule has 0 atom stereocenters. The number of ether oxygens (including phenoxy) is 1. The summed E-state index contributed by atoms with van der Waals surface area (Å²) in [5.74, 6) is 0.880. The number of morpholine rings is 1. The summed E-state index contributed by atoms with van der Waals surface area (Å²) in [6.07, 6.45) is 5.16. The van der Waals surface area contributed by atoms with Crippen molar-refractivity contribution in [3.05, 3.63) is 58.5 Å². The standard InChI is InChI=1S/C29H34N8O3/c1-29(2,3)27-32-22-14-21(19-15-30-33(4)17-19)18(16-31-39)11-23(22)37(27)20-12-24-26(35(6)28(38)34(24)5)25(13-20)36-7-9-40-10-8-36/h11-17,39H,7-10H2,1-6H3. The highest BCUT2D eigenvalue weighted by atomic mass is 16.5. The molecule has 4 heterocycles. The van der Waals surface area contributed by atoms with Crippen molar-refractivity contribution in [1.82, 2.24) is 28.5 Å². The Morgan fingerprint density at radius 2 is 1.77 bits per heavy atom. The fourth-order valence-electron chi connectivity index (χ4n) is 5.67. The Bertz CT molecular complexity index is 1840. The first-order chi connectivity index (χ1) is 19.1. The largest absolute Gasteiger partial charge is 0.411 e. The van der Waals surface area contributed by atoms with Gasteiger partial charge in [-0.1, -0.05) is 25.9 Å². The summed E-state index contributed by atoms with van der Waals surface area (Å²) in [7, 11) is 5.50. The van der Waals surface area contributed by atoms with Crippen LogP contribution in [0.1, 0.15) is 32.2 Å². The van der Waals surface area contributed by atoms with Crippen LogP contribution in [0.25, 0.3) is 38.9 Å². The van der Waals surface area contributed by atoms with Crippen molar-refractivity contribution in [3.63, 3.8) is 0 Å². The van der Waals surface area contributed by atoms with Crippen LogP contribution in [0.3, 0.4) is 0 Å². The monoisotopic (exact) mass is 542 g/mol. The maximum Gasteiger partial charge on any atom is 0.328 e. The molecule has 208 valence electrons. The summed E-state index contributed by atoms with van der Waals surface area (Å²) in [5, 5.41) is 17.2. The molecule has 0 saturated carbocycles. The summed E-state index contributed by atoms with van der Waals surface area (Å²) < 4.78 is 13.0. The van der Waals surface area contributed by atoms with Gasteiger partial charge in [0.2, 0.25) is 0 Å². The summed E-state index contributed by atoms with van der Waals surface area (Å²) in [5.41, 5.74) is 7.47. The first-order valence-electron chi connectivity index (χ1n) is 13.3. The lowest BCUT2D eigenvalue weighted by atomic mass is 9.95. The Morgan fingerprint density at radius 3 is 2.42 bits per heavy atom. The number of nitrogens with zero attached hydrogens (tertiary/aromatic N) is 8. The number of aryl methyl sites for hydroxylation is 3. The van der Waals surface area contributed by atoms with Gasteiger partial charge >= 0.3 is 5.69 Å². The molecule has 11 heteroatoms. The van der Waals surface area contributed by atoms with Gasteiger partial charge < -0.3 is 14.8 Å². The van der Waals surface area contributed by atoms with Crippen LogP contribution in [-0.4, -0.2) is 66.2 Å². The van der Waals surface area contributed by atoms with Crippen molar-refractivity contribution >= 4 is 34.0 Å². The van der Waals surface area contributed by atoms with Crippen molar-refractivity contribution in [2.75, 3.05) is 31.2 Å². The Kier molecular flexibility index (Phi) is 6.06. The number of hydrogen-bond donors (Lipinski definition) is 1. The van der Waals surface area contributed by atoms with E-state index >= 15 is 0 Å². The summed E-state index contributed by atoms with van der Waals surface area (Å²) >= 11 is 0. The van der Waals surface area contributed by atoms with E-state index < -0.39 is 0 Å². The van der Waals surface area contributed by atoms with Crippen molar-refractivity contribution in [3.8, 4) is 16.8 Å². The zero-order valence-corrected chi connectivity index (χ0v) is 23.7. The molecule has 0 bridgehead atoms. The molecule has 1 fully saturated rings. The molecule has 0 aliphatic carbocycles. The van der Waals surface area contributed by atoms with Gasteiger partial charge in [0.1, 0.15) is 5.82 Å². The maximum absolute atomic E-state index is 13.1. The maximum atomic E-state index is 13.1. The molecule has 0 unspecified atom stereocenters. The average molecular weight is 543 g/mol. The van der Waals surface area contributed by atoms with E-state index in [2.05, 4.69) is 52.6 Å². The highest BCUT2D eigenvalue weighted by Crippen LogP contribution is 2.37. The highest BCUT2D eigenvalue weighted by molar-refractivity contribution is 5.98. The number of imidazole rings is 2. The second kappa shape index (κ2) is 9.37. The Labute approximate surface area is 231 Å². The normalized spacial score (nSPS) is 14.8. The van der Waals surface area contributed by atoms with Crippen LogP contribution in [0, 0.1) is 0 Å². The zero-order valence-electron chi connectivity index (χ0n) is 23.7. The molecule has 0 spiro atoms. The van der Waals surface area contributed by atoms with Gasteiger partial charge in [-0.15, -0.1) is 0 Å². The molecule has 0 amide bonds. The SMILES string of the molecule is Cn1cc(-c2cc3nc(C(C)(C)C)n(-c4cc(N5CCOCC5)c5c(c4)n(C)c(=O)n5C)c3cc2C=NO)cn1. The van der Waals surface area contributed by atoms with Gasteiger partial charge in [-0.25, -0.2) is 9.78 Å². The van der Waals surface area contributed by atoms with Crippen LogP contribution in [0.5, 0.6) is 0 Å². The molecule has 3 aromatic heterocycles. The van der Waals surface area contributed by atoms with Crippen molar-refractivity contribution in [2.45, 2.75) is 26.2 Å². The molecule has 5 aromatic rings. The van der Waals surface area contributed by atoms with Crippen LogP contribution >= 0.6 is 0 Å². The predicted octanol–water partition coefficient (Wildman–Crippen LogP) is 3.56. The second-order valence-electron chi connectivity index (χ2n) is 11.4. The Morgan fingerprint density at radius 1 is 1.02 bits per heavy atom. The number of anilines is 1. The van der Waals surface area contributed by atoms with Gasteiger partial charge in [0.25, 0.3) is 0 Å².